The molecule has 0 unspecified atom stereocenters. The van der Waals surface area contributed by atoms with E-state index in [1.165, 1.54) is 12.1 Å². The van der Waals surface area contributed by atoms with Gasteiger partial charge in [0.25, 0.3) is 10.0 Å². The van der Waals surface area contributed by atoms with Gasteiger partial charge in [0.15, 0.2) is 0 Å². The van der Waals surface area contributed by atoms with Crippen molar-refractivity contribution in [3.63, 3.8) is 0 Å². The number of thiophene rings is 1. The molecule has 1 aromatic heterocycles. The zero-order valence-corrected chi connectivity index (χ0v) is 13.3. The molecule has 1 aliphatic rings. The van der Waals surface area contributed by atoms with Gasteiger partial charge in [-0.2, -0.15) is 4.31 Å². The molecule has 1 aliphatic heterocycles. The molecule has 0 saturated carbocycles. The monoisotopic (exact) mass is 332 g/mol. The number of rotatable bonds is 4. The Morgan fingerprint density at radius 2 is 2.14 bits per heavy atom. The quantitative estimate of drug-likeness (QED) is 0.824. The second-order valence-electron chi connectivity index (χ2n) is 5.18. The number of nitrogens with zero attached hydrogens (tertiary/aromatic N) is 1. The maximum atomic E-state index is 12.7. The summed E-state index contributed by atoms with van der Waals surface area (Å²) in [7, 11) is -3.82. The highest BCUT2D eigenvalue weighted by molar-refractivity contribution is 7.91. The average molecular weight is 332 g/mol. The van der Waals surface area contributed by atoms with Crippen LogP contribution in [-0.2, 0) is 26.0 Å². The molecule has 0 aromatic carbocycles. The second kappa shape index (κ2) is 5.39. The van der Waals surface area contributed by atoms with Crippen LogP contribution in [0.4, 0.5) is 0 Å². The van der Waals surface area contributed by atoms with Gasteiger partial charge in [0.1, 0.15) is 9.75 Å². The Morgan fingerprint density at radius 3 is 2.76 bits per heavy atom. The van der Waals surface area contributed by atoms with E-state index in [4.69, 9.17) is 5.11 Å². The van der Waals surface area contributed by atoms with Crippen molar-refractivity contribution in [2.45, 2.75) is 30.0 Å². The molecule has 1 fully saturated rings. The summed E-state index contributed by atoms with van der Waals surface area (Å²) in [5.41, 5.74) is -1.17. The van der Waals surface area contributed by atoms with E-state index in [0.717, 1.165) is 15.6 Å². The molecular weight excluding hydrogens is 316 g/mol. The maximum absolute atomic E-state index is 12.7. The minimum atomic E-state index is -3.82. The lowest BCUT2D eigenvalue weighted by molar-refractivity contribution is -0.136. The number of amides is 1. The van der Waals surface area contributed by atoms with E-state index in [1.54, 1.807) is 13.8 Å². The van der Waals surface area contributed by atoms with E-state index in [1.807, 2.05) is 0 Å². The van der Waals surface area contributed by atoms with Crippen molar-refractivity contribution in [3.05, 3.63) is 17.0 Å². The van der Waals surface area contributed by atoms with E-state index in [-0.39, 0.29) is 29.6 Å². The molecule has 1 amide bonds. The Bertz CT molecular complexity index is 678. The van der Waals surface area contributed by atoms with E-state index in [2.05, 4.69) is 5.32 Å². The molecule has 0 bridgehead atoms. The number of carbonyl (C=O) groups excluding carboxylic acids is 1. The van der Waals surface area contributed by atoms with Crippen LogP contribution in [0.15, 0.2) is 16.3 Å². The molecular formula is C12H16N2O5S2. The third kappa shape index (κ3) is 2.94. The third-order valence-electron chi connectivity index (χ3n) is 3.29. The standard InChI is InChI=1S/C12H16N2O5S2/c1-12(2)11(17)13-5-6-14(12)21(18,19)10-4-3-8(20-10)7-9(15)16/h3-4H,5-7H2,1-2H3,(H,13,17)(H,15,16). The summed E-state index contributed by atoms with van der Waals surface area (Å²) in [5, 5.41) is 11.4. The third-order valence-corrected chi connectivity index (χ3v) is 6.91. The van der Waals surface area contributed by atoms with E-state index >= 15 is 0 Å². The summed E-state index contributed by atoms with van der Waals surface area (Å²) in [4.78, 5) is 23.0. The van der Waals surface area contributed by atoms with E-state index < -0.39 is 21.5 Å². The van der Waals surface area contributed by atoms with Crippen LogP contribution in [-0.4, -0.2) is 48.3 Å². The lowest BCUT2D eigenvalue weighted by atomic mass is 10.0. The summed E-state index contributed by atoms with van der Waals surface area (Å²) < 4.78 is 26.5. The Balaban J connectivity index is 2.35. The molecule has 2 rings (SSSR count). The van der Waals surface area contributed by atoms with Crippen molar-refractivity contribution in [2.75, 3.05) is 13.1 Å². The van der Waals surface area contributed by atoms with Gasteiger partial charge in [0.2, 0.25) is 5.91 Å². The maximum Gasteiger partial charge on any atom is 0.308 e. The first-order valence-corrected chi connectivity index (χ1v) is 8.53. The summed E-state index contributed by atoms with van der Waals surface area (Å²) in [6.07, 6.45) is -0.218. The zero-order chi connectivity index (χ0) is 15.8. The van der Waals surface area contributed by atoms with Gasteiger partial charge in [-0.1, -0.05) is 0 Å². The Kier molecular flexibility index (Phi) is 4.09. The van der Waals surface area contributed by atoms with Gasteiger partial charge >= 0.3 is 5.97 Å². The van der Waals surface area contributed by atoms with Crippen LogP contribution in [0, 0.1) is 0 Å². The largest absolute Gasteiger partial charge is 0.481 e. The highest BCUT2D eigenvalue weighted by Gasteiger charge is 2.45. The highest BCUT2D eigenvalue weighted by Crippen LogP contribution is 2.30. The minimum Gasteiger partial charge on any atom is -0.481 e. The first kappa shape index (κ1) is 15.9. The summed E-state index contributed by atoms with van der Waals surface area (Å²) >= 11 is 0.922. The number of piperazine rings is 1. The van der Waals surface area contributed by atoms with Gasteiger partial charge in [-0.05, 0) is 26.0 Å². The average Bonchev–Trinajstić information content (AvgIpc) is 2.80. The van der Waals surface area contributed by atoms with Gasteiger partial charge in [-0.15, -0.1) is 11.3 Å². The number of hydrogen-bond donors (Lipinski definition) is 2. The van der Waals surface area contributed by atoms with Gasteiger partial charge in [0.05, 0.1) is 6.42 Å². The van der Waals surface area contributed by atoms with Crippen LogP contribution < -0.4 is 5.32 Å². The lowest BCUT2D eigenvalue weighted by Crippen LogP contribution is -2.63. The predicted octanol–water partition coefficient (Wildman–Crippen LogP) is 0.274. The SMILES string of the molecule is CC1(C)C(=O)NCCN1S(=O)(=O)c1ccc(CC(=O)O)s1. The fourth-order valence-corrected chi connectivity index (χ4v) is 5.36. The number of carbonyl (C=O) groups is 2. The first-order chi connectivity index (χ1) is 9.65. The van der Waals surface area contributed by atoms with Crippen molar-refractivity contribution in [3.8, 4) is 0 Å². The smallest absolute Gasteiger partial charge is 0.308 e. The van der Waals surface area contributed by atoms with Crippen molar-refractivity contribution >= 4 is 33.2 Å². The van der Waals surface area contributed by atoms with Gasteiger partial charge in [-0.25, -0.2) is 8.42 Å². The minimum absolute atomic E-state index is 0.0570. The van der Waals surface area contributed by atoms with Gasteiger partial charge in [0, 0.05) is 18.0 Å². The van der Waals surface area contributed by atoms with Crippen molar-refractivity contribution in [1.29, 1.82) is 0 Å². The van der Waals surface area contributed by atoms with Crippen LogP contribution in [0.25, 0.3) is 0 Å². The molecule has 2 heterocycles. The van der Waals surface area contributed by atoms with Gasteiger partial charge < -0.3 is 10.4 Å². The van der Waals surface area contributed by atoms with Crippen LogP contribution in [0.1, 0.15) is 18.7 Å². The molecule has 7 nitrogen and oxygen atoms in total. The second-order valence-corrected chi connectivity index (χ2v) is 8.44. The van der Waals surface area contributed by atoms with Crippen molar-refractivity contribution < 1.29 is 23.1 Å². The predicted molar refractivity (Wildman–Crippen MR) is 76.6 cm³/mol. The molecule has 0 spiro atoms. The molecule has 21 heavy (non-hydrogen) atoms. The number of carboxylic acids is 1. The van der Waals surface area contributed by atoms with Crippen molar-refractivity contribution in [1.82, 2.24) is 9.62 Å². The first-order valence-electron chi connectivity index (χ1n) is 6.27. The summed E-state index contributed by atoms with van der Waals surface area (Å²) in [6.45, 7) is 3.54. The molecule has 0 radical (unpaired) electrons. The Hall–Kier alpha value is -1.45. The lowest BCUT2D eigenvalue weighted by Gasteiger charge is -2.39. The molecule has 0 atom stereocenters. The topological polar surface area (TPSA) is 104 Å². The summed E-state index contributed by atoms with van der Waals surface area (Å²) in [6, 6.07) is 2.88. The highest BCUT2D eigenvalue weighted by atomic mass is 32.2. The van der Waals surface area contributed by atoms with Crippen molar-refractivity contribution in [2.24, 2.45) is 0 Å². The fourth-order valence-electron chi connectivity index (χ4n) is 2.15. The zero-order valence-electron chi connectivity index (χ0n) is 11.6. The molecule has 0 aliphatic carbocycles. The number of nitrogens with one attached hydrogen (secondary N) is 1. The molecule has 1 aromatic rings. The fraction of sp³-hybridized carbons (Fsp3) is 0.500. The number of hydrogen-bond acceptors (Lipinski definition) is 5. The van der Waals surface area contributed by atoms with E-state index in [0.29, 0.717) is 4.88 Å². The number of carboxylic acid groups (broad SMARTS) is 1. The van der Waals surface area contributed by atoms with Crippen LogP contribution in [0.2, 0.25) is 0 Å². The van der Waals surface area contributed by atoms with Gasteiger partial charge in [-0.3, -0.25) is 9.59 Å². The normalized spacial score (nSPS) is 19.2. The molecule has 2 N–H and O–H groups in total. The molecule has 116 valence electrons. The Morgan fingerprint density at radius 1 is 1.48 bits per heavy atom. The van der Waals surface area contributed by atoms with Crippen LogP contribution in [0.5, 0.6) is 0 Å². The summed E-state index contributed by atoms with van der Waals surface area (Å²) in [5.74, 6) is -1.36. The van der Waals surface area contributed by atoms with Crippen LogP contribution in [0.3, 0.4) is 0 Å². The number of sulfonamides is 1. The Labute approximate surface area is 126 Å². The van der Waals surface area contributed by atoms with Crippen LogP contribution >= 0.6 is 11.3 Å². The number of aliphatic carboxylic acids is 1. The molecule has 9 heteroatoms. The molecule has 1 saturated heterocycles. The van der Waals surface area contributed by atoms with E-state index in [9.17, 15) is 18.0 Å².